The predicted octanol–water partition coefficient (Wildman–Crippen LogP) is 0.181. The van der Waals surface area contributed by atoms with Gasteiger partial charge in [-0.25, -0.2) is 0 Å². The molecule has 76 valence electrons. The van der Waals surface area contributed by atoms with Gasteiger partial charge in [-0.2, -0.15) is 11.8 Å². The molecule has 5 heteroatoms. The number of nitrogens with one attached hydrogen (secondary N) is 1. The first-order valence-electron chi connectivity index (χ1n) is 4.20. The number of aliphatic carboxylic acids is 1. The summed E-state index contributed by atoms with van der Waals surface area (Å²) in [7, 11) is 1.67. The van der Waals surface area contributed by atoms with Crippen molar-refractivity contribution in [2.24, 2.45) is 0 Å². The van der Waals surface area contributed by atoms with Gasteiger partial charge in [0.1, 0.15) is 5.54 Å². The Hall–Kier alpha value is -0.260. The minimum Gasteiger partial charge on any atom is -0.480 e. The van der Waals surface area contributed by atoms with E-state index in [0.29, 0.717) is 11.0 Å². The summed E-state index contributed by atoms with van der Waals surface area (Å²) in [6.45, 7) is 3.20. The monoisotopic (exact) mass is 205 g/mol. The van der Waals surface area contributed by atoms with Gasteiger partial charge in [-0.1, -0.05) is 0 Å². The van der Waals surface area contributed by atoms with Crippen LogP contribution >= 0.6 is 11.8 Å². The maximum Gasteiger partial charge on any atom is 0.324 e. The van der Waals surface area contributed by atoms with Gasteiger partial charge in [0.2, 0.25) is 0 Å². The van der Waals surface area contributed by atoms with Gasteiger partial charge in [-0.15, -0.1) is 0 Å². The van der Waals surface area contributed by atoms with Gasteiger partial charge in [-0.3, -0.25) is 4.79 Å². The summed E-state index contributed by atoms with van der Waals surface area (Å²) >= 11 is 1.65. The lowest BCUT2D eigenvalue weighted by Crippen LogP contribution is -2.50. The van der Waals surface area contributed by atoms with E-state index in [1.54, 1.807) is 25.7 Å². The topological polar surface area (TPSA) is 58.6 Å². The SMILES string of the molecule is CNC(C)(CSC1COC1)C(=O)O. The number of likely N-dealkylation sites (N-methyl/N-ethyl adjacent to an activating group) is 1. The molecule has 13 heavy (non-hydrogen) atoms. The summed E-state index contributed by atoms with van der Waals surface area (Å²) in [6, 6.07) is 0. The van der Waals surface area contributed by atoms with E-state index in [1.807, 2.05) is 0 Å². The minimum absolute atomic E-state index is 0.479. The Labute approximate surface area is 82.0 Å². The highest BCUT2D eigenvalue weighted by Crippen LogP contribution is 2.23. The summed E-state index contributed by atoms with van der Waals surface area (Å²) in [4.78, 5) is 10.9. The second kappa shape index (κ2) is 4.30. The number of carbonyl (C=O) groups is 1. The van der Waals surface area contributed by atoms with E-state index in [4.69, 9.17) is 9.84 Å². The number of hydrogen-bond donors (Lipinski definition) is 2. The molecule has 1 rings (SSSR count). The molecule has 4 nitrogen and oxygen atoms in total. The van der Waals surface area contributed by atoms with Crippen LogP contribution in [0.15, 0.2) is 0 Å². The van der Waals surface area contributed by atoms with Crippen LogP contribution < -0.4 is 5.32 Å². The number of thioether (sulfide) groups is 1. The average molecular weight is 205 g/mol. The number of carboxylic acids is 1. The molecule has 2 N–H and O–H groups in total. The number of rotatable bonds is 5. The third-order valence-electron chi connectivity index (χ3n) is 2.24. The summed E-state index contributed by atoms with van der Waals surface area (Å²) in [6.07, 6.45) is 0. The molecule has 0 spiro atoms. The molecule has 0 amide bonds. The third kappa shape index (κ3) is 2.59. The van der Waals surface area contributed by atoms with Crippen LogP contribution in [0.25, 0.3) is 0 Å². The summed E-state index contributed by atoms with van der Waals surface area (Å²) in [5, 5.41) is 12.2. The van der Waals surface area contributed by atoms with Gasteiger partial charge in [0.05, 0.1) is 18.5 Å². The molecule has 0 aromatic carbocycles. The van der Waals surface area contributed by atoms with Gasteiger partial charge in [0.25, 0.3) is 0 Å². The molecule has 1 unspecified atom stereocenters. The number of carboxylic acid groups (broad SMARTS) is 1. The van der Waals surface area contributed by atoms with E-state index in [-0.39, 0.29) is 0 Å². The molecular formula is C8H15NO3S. The van der Waals surface area contributed by atoms with Crippen molar-refractivity contribution in [2.45, 2.75) is 17.7 Å². The quantitative estimate of drug-likeness (QED) is 0.670. The maximum absolute atomic E-state index is 10.9. The molecule has 1 heterocycles. The highest BCUT2D eigenvalue weighted by Gasteiger charge is 2.33. The van der Waals surface area contributed by atoms with Crippen LogP contribution in [0.4, 0.5) is 0 Å². The molecule has 0 radical (unpaired) electrons. The number of ether oxygens (including phenoxy) is 1. The molecular weight excluding hydrogens is 190 g/mol. The van der Waals surface area contributed by atoms with Crippen LogP contribution in [-0.2, 0) is 9.53 Å². The van der Waals surface area contributed by atoms with Crippen molar-refractivity contribution < 1.29 is 14.6 Å². The van der Waals surface area contributed by atoms with Crippen LogP contribution in [0.1, 0.15) is 6.92 Å². The second-order valence-electron chi connectivity index (χ2n) is 3.36. The standard InChI is InChI=1S/C8H15NO3S/c1-8(9-2,7(10)11)5-13-6-3-12-4-6/h6,9H,3-5H2,1-2H3,(H,10,11). The van der Waals surface area contributed by atoms with Crippen LogP contribution in [0.5, 0.6) is 0 Å². The Balaban J connectivity index is 2.33. The van der Waals surface area contributed by atoms with E-state index in [9.17, 15) is 4.79 Å². The second-order valence-corrected chi connectivity index (χ2v) is 4.65. The van der Waals surface area contributed by atoms with Crippen LogP contribution in [0.2, 0.25) is 0 Å². The van der Waals surface area contributed by atoms with E-state index in [1.165, 1.54) is 0 Å². The Morgan fingerprint density at radius 1 is 1.77 bits per heavy atom. The number of hydrogen-bond acceptors (Lipinski definition) is 4. The smallest absolute Gasteiger partial charge is 0.324 e. The van der Waals surface area contributed by atoms with E-state index >= 15 is 0 Å². The fourth-order valence-electron chi connectivity index (χ4n) is 0.836. The van der Waals surface area contributed by atoms with Crippen molar-refractivity contribution in [3.8, 4) is 0 Å². The zero-order valence-corrected chi connectivity index (χ0v) is 8.69. The lowest BCUT2D eigenvalue weighted by Gasteiger charge is -2.30. The van der Waals surface area contributed by atoms with Crippen LogP contribution in [0.3, 0.4) is 0 Å². The fourth-order valence-corrected chi connectivity index (χ4v) is 2.06. The van der Waals surface area contributed by atoms with E-state index < -0.39 is 11.5 Å². The van der Waals surface area contributed by atoms with Crippen molar-refractivity contribution in [1.82, 2.24) is 5.32 Å². The Morgan fingerprint density at radius 3 is 2.69 bits per heavy atom. The largest absolute Gasteiger partial charge is 0.480 e. The van der Waals surface area contributed by atoms with Gasteiger partial charge in [0.15, 0.2) is 0 Å². The molecule has 0 bridgehead atoms. The molecule has 1 aliphatic heterocycles. The van der Waals surface area contributed by atoms with Crippen LogP contribution in [-0.4, -0.2) is 47.9 Å². The van der Waals surface area contributed by atoms with Crippen molar-refractivity contribution in [3.05, 3.63) is 0 Å². The van der Waals surface area contributed by atoms with E-state index in [0.717, 1.165) is 13.2 Å². The first kappa shape index (κ1) is 10.8. The molecule has 1 saturated heterocycles. The van der Waals surface area contributed by atoms with Crippen molar-refractivity contribution in [2.75, 3.05) is 26.0 Å². The summed E-state index contributed by atoms with van der Waals surface area (Å²) in [5.41, 5.74) is -0.819. The fraction of sp³-hybridized carbons (Fsp3) is 0.875. The normalized spacial score (nSPS) is 22.0. The van der Waals surface area contributed by atoms with Gasteiger partial charge < -0.3 is 15.2 Å². The van der Waals surface area contributed by atoms with Gasteiger partial charge in [-0.05, 0) is 14.0 Å². The Bertz CT molecular complexity index is 196. The third-order valence-corrected chi connectivity index (χ3v) is 3.73. The minimum atomic E-state index is -0.819. The van der Waals surface area contributed by atoms with Gasteiger partial charge >= 0.3 is 5.97 Å². The van der Waals surface area contributed by atoms with Gasteiger partial charge in [0, 0.05) is 5.75 Å². The zero-order valence-electron chi connectivity index (χ0n) is 7.87. The molecule has 0 aliphatic carbocycles. The van der Waals surface area contributed by atoms with Crippen LogP contribution in [0, 0.1) is 0 Å². The first-order valence-corrected chi connectivity index (χ1v) is 5.25. The van der Waals surface area contributed by atoms with Crippen molar-refractivity contribution >= 4 is 17.7 Å². The lowest BCUT2D eigenvalue weighted by atomic mass is 10.1. The molecule has 1 aliphatic rings. The molecule has 1 atom stereocenters. The zero-order chi connectivity index (χ0) is 9.90. The van der Waals surface area contributed by atoms with Crippen molar-refractivity contribution in [1.29, 1.82) is 0 Å². The molecule has 0 aromatic heterocycles. The lowest BCUT2D eigenvalue weighted by molar-refractivity contribution is -0.142. The summed E-state index contributed by atoms with van der Waals surface area (Å²) in [5.74, 6) is -0.227. The highest BCUT2D eigenvalue weighted by atomic mass is 32.2. The first-order chi connectivity index (χ1) is 6.08. The summed E-state index contributed by atoms with van der Waals surface area (Å²) < 4.78 is 5.01. The maximum atomic E-state index is 10.9. The Kier molecular flexibility index (Phi) is 3.58. The van der Waals surface area contributed by atoms with E-state index in [2.05, 4.69) is 5.32 Å². The molecule has 1 fully saturated rings. The average Bonchev–Trinajstić information content (AvgIpc) is 2.01. The predicted molar refractivity (Wildman–Crippen MR) is 52.2 cm³/mol. The Morgan fingerprint density at radius 2 is 2.38 bits per heavy atom. The molecule has 0 saturated carbocycles. The molecule has 0 aromatic rings. The van der Waals surface area contributed by atoms with Crippen molar-refractivity contribution in [3.63, 3.8) is 0 Å². The highest BCUT2D eigenvalue weighted by molar-refractivity contribution is 8.00.